The molecule has 2 aromatic rings. The largest absolute Gasteiger partial charge is 0.352 e. The van der Waals surface area contributed by atoms with Gasteiger partial charge in [0.2, 0.25) is 11.8 Å². The summed E-state index contributed by atoms with van der Waals surface area (Å²) in [5, 5.41) is 10.4. The molecule has 0 unspecified atom stereocenters. The van der Waals surface area contributed by atoms with Gasteiger partial charge in [-0.25, -0.2) is 0 Å². The smallest absolute Gasteiger partial charge is 0.246 e. The summed E-state index contributed by atoms with van der Waals surface area (Å²) in [6, 6.07) is 7.74. The van der Waals surface area contributed by atoms with E-state index in [0.29, 0.717) is 37.9 Å². The van der Waals surface area contributed by atoms with Gasteiger partial charge in [0.05, 0.1) is 11.9 Å². The summed E-state index contributed by atoms with van der Waals surface area (Å²) in [4.78, 5) is 32.7. The first kappa shape index (κ1) is 25.6. The van der Waals surface area contributed by atoms with E-state index in [4.69, 9.17) is 0 Å². The van der Waals surface area contributed by atoms with Crippen molar-refractivity contribution in [3.05, 3.63) is 42.2 Å². The molecule has 9 nitrogen and oxygen atoms in total. The van der Waals surface area contributed by atoms with Crippen LogP contribution in [0.25, 0.3) is 0 Å². The van der Waals surface area contributed by atoms with Crippen LogP contribution < -0.4 is 15.5 Å². The van der Waals surface area contributed by atoms with Gasteiger partial charge in [0.1, 0.15) is 6.54 Å². The number of nitrogens with zero attached hydrogens (tertiary/aromatic N) is 5. The van der Waals surface area contributed by atoms with Crippen LogP contribution in [0.1, 0.15) is 25.8 Å². The lowest BCUT2D eigenvalue weighted by Gasteiger charge is -2.35. The molecule has 0 saturated carbocycles. The third-order valence-electron chi connectivity index (χ3n) is 4.99. The number of benzene rings is 1. The zero-order chi connectivity index (χ0) is 22.4. The maximum Gasteiger partial charge on any atom is 0.246 e. The number of halogens is 1. The van der Waals surface area contributed by atoms with Crippen molar-refractivity contribution >= 4 is 53.1 Å². The number of aromatic nitrogens is 2. The van der Waals surface area contributed by atoms with Crippen molar-refractivity contribution < 1.29 is 9.59 Å². The van der Waals surface area contributed by atoms with Crippen LogP contribution in [0, 0.1) is 5.92 Å². The number of carbonyl (C=O) groups excluding carboxylic acids is 2. The zero-order valence-corrected chi connectivity index (χ0v) is 21.4. The van der Waals surface area contributed by atoms with E-state index in [-0.39, 0.29) is 42.3 Å². The van der Waals surface area contributed by atoms with Crippen molar-refractivity contribution in [2.75, 3.05) is 36.9 Å². The molecule has 2 amide bonds. The van der Waals surface area contributed by atoms with Crippen LogP contribution >= 0.6 is 24.0 Å². The van der Waals surface area contributed by atoms with Crippen LogP contribution in [0.15, 0.2) is 41.7 Å². The molecule has 1 fully saturated rings. The van der Waals surface area contributed by atoms with E-state index in [1.54, 1.807) is 22.8 Å². The maximum atomic E-state index is 12.7. The van der Waals surface area contributed by atoms with E-state index in [9.17, 15) is 9.59 Å². The number of hydrogen-bond donors (Lipinski definition) is 2. The first-order valence-corrected chi connectivity index (χ1v) is 10.5. The third-order valence-corrected chi connectivity index (χ3v) is 4.99. The van der Waals surface area contributed by atoms with Crippen LogP contribution in [-0.2, 0) is 23.2 Å². The van der Waals surface area contributed by atoms with E-state index < -0.39 is 0 Å². The highest BCUT2D eigenvalue weighted by atomic mass is 127. The number of amides is 2. The zero-order valence-electron chi connectivity index (χ0n) is 19.0. The first-order chi connectivity index (χ1) is 14.9. The molecule has 174 valence electrons. The molecule has 2 N–H and O–H groups in total. The quantitative estimate of drug-likeness (QED) is 0.326. The summed E-state index contributed by atoms with van der Waals surface area (Å²) in [7, 11) is 3.55. The number of aliphatic imine (C=N–C) groups is 1. The summed E-state index contributed by atoms with van der Waals surface area (Å²) in [6.45, 7) is 6.07. The highest BCUT2D eigenvalue weighted by Crippen LogP contribution is 2.16. The van der Waals surface area contributed by atoms with Crippen molar-refractivity contribution in [2.45, 2.75) is 26.8 Å². The Morgan fingerprint density at radius 2 is 2.06 bits per heavy atom. The lowest BCUT2D eigenvalue weighted by atomic mass is 10.1. The summed E-state index contributed by atoms with van der Waals surface area (Å²) in [5.74, 6) is 1.01. The summed E-state index contributed by atoms with van der Waals surface area (Å²) < 4.78 is 1.69. The third kappa shape index (κ3) is 6.94. The summed E-state index contributed by atoms with van der Waals surface area (Å²) in [5.41, 5.74) is 2.61. The fourth-order valence-electron chi connectivity index (χ4n) is 3.53. The predicted molar refractivity (Wildman–Crippen MR) is 137 cm³/mol. The Kier molecular flexibility index (Phi) is 9.48. The molecule has 1 aliphatic heterocycles. The molecule has 10 heteroatoms. The van der Waals surface area contributed by atoms with Gasteiger partial charge in [0, 0.05) is 52.0 Å². The van der Waals surface area contributed by atoms with Crippen LogP contribution in [0.5, 0.6) is 0 Å². The van der Waals surface area contributed by atoms with Gasteiger partial charge in [-0.05, 0) is 23.6 Å². The van der Waals surface area contributed by atoms with Crippen molar-refractivity contribution in [1.82, 2.24) is 20.0 Å². The molecule has 0 aliphatic carbocycles. The molecule has 0 atom stereocenters. The number of anilines is 2. The molecule has 1 aromatic carbocycles. The van der Waals surface area contributed by atoms with Crippen LogP contribution in [0.3, 0.4) is 0 Å². The van der Waals surface area contributed by atoms with Gasteiger partial charge in [-0.15, -0.1) is 24.0 Å². The number of nitrogens with one attached hydrogen (secondary N) is 2. The van der Waals surface area contributed by atoms with E-state index in [0.717, 1.165) is 16.9 Å². The average Bonchev–Trinajstić information content (AvgIpc) is 3.14. The molecule has 32 heavy (non-hydrogen) atoms. The Hall–Kier alpha value is -2.63. The molecule has 0 spiro atoms. The highest BCUT2D eigenvalue weighted by Gasteiger charge is 2.27. The molecule has 2 heterocycles. The Bertz CT molecular complexity index is 957. The molecule has 0 radical (unpaired) electrons. The van der Waals surface area contributed by atoms with Gasteiger partial charge in [0.25, 0.3) is 0 Å². The van der Waals surface area contributed by atoms with Crippen molar-refractivity contribution in [3.63, 3.8) is 0 Å². The summed E-state index contributed by atoms with van der Waals surface area (Å²) >= 11 is 0. The standard InChI is InChI=1S/C22H31N7O2.HI/c1-16(2)10-20(30)26-18-7-5-6-17(11-18)12-24-22(23-3)28-8-9-29(21(31)15-28)19-13-25-27(4)14-19;/h5-7,11,13-14,16H,8-10,12,15H2,1-4H3,(H,23,24)(H,26,30);1H. The molecule has 1 aromatic heterocycles. The fourth-order valence-corrected chi connectivity index (χ4v) is 3.53. The molecule has 1 saturated heterocycles. The SMILES string of the molecule is CN=C(NCc1cccc(NC(=O)CC(C)C)c1)N1CCN(c2cnn(C)c2)C(=O)C1.I. The van der Waals surface area contributed by atoms with E-state index >= 15 is 0 Å². The highest BCUT2D eigenvalue weighted by molar-refractivity contribution is 14.0. The minimum absolute atomic E-state index is 0. The number of rotatable bonds is 6. The molecule has 0 bridgehead atoms. The van der Waals surface area contributed by atoms with Crippen LogP contribution in [0.4, 0.5) is 11.4 Å². The maximum absolute atomic E-state index is 12.7. The lowest BCUT2D eigenvalue weighted by molar-refractivity contribution is -0.120. The van der Waals surface area contributed by atoms with E-state index in [1.165, 1.54) is 0 Å². The van der Waals surface area contributed by atoms with Gasteiger partial charge in [-0.1, -0.05) is 26.0 Å². The second-order valence-corrected chi connectivity index (χ2v) is 8.09. The van der Waals surface area contributed by atoms with Crippen LogP contribution in [0.2, 0.25) is 0 Å². The number of aryl methyl sites for hydroxylation is 1. The normalized spacial score (nSPS) is 14.4. The molecular weight excluding hydrogens is 521 g/mol. The van der Waals surface area contributed by atoms with Gasteiger partial charge in [0.15, 0.2) is 5.96 Å². The van der Waals surface area contributed by atoms with E-state index in [1.807, 2.05) is 56.3 Å². The lowest BCUT2D eigenvalue weighted by Crippen LogP contribution is -2.55. The average molecular weight is 553 g/mol. The Morgan fingerprint density at radius 3 is 2.69 bits per heavy atom. The second kappa shape index (κ2) is 11.8. The van der Waals surface area contributed by atoms with E-state index in [2.05, 4.69) is 20.7 Å². The van der Waals surface area contributed by atoms with Gasteiger partial charge in [-0.3, -0.25) is 19.3 Å². The number of guanidine groups is 1. The first-order valence-electron chi connectivity index (χ1n) is 10.5. The minimum atomic E-state index is 0. The number of carbonyl (C=O) groups is 2. The van der Waals surface area contributed by atoms with Crippen molar-refractivity contribution in [3.8, 4) is 0 Å². The van der Waals surface area contributed by atoms with Crippen LogP contribution in [-0.4, -0.2) is 59.1 Å². The molecule has 1 aliphatic rings. The summed E-state index contributed by atoms with van der Waals surface area (Å²) in [6.07, 6.45) is 4.04. The monoisotopic (exact) mass is 553 g/mol. The van der Waals surface area contributed by atoms with Gasteiger partial charge in [-0.2, -0.15) is 5.10 Å². The Labute approximate surface area is 206 Å². The second-order valence-electron chi connectivity index (χ2n) is 8.09. The predicted octanol–water partition coefficient (Wildman–Crippen LogP) is 2.45. The fraction of sp³-hybridized carbons (Fsp3) is 0.455. The number of hydrogen-bond acceptors (Lipinski definition) is 4. The molecule has 3 rings (SSSR count). The molecular formula is C22H32IN7O2. The van der Waals surface area contributed by atoms with Crippen molar-refractivity contribution in [2.24, 2.45) is 18.0 Å². The van der Waals surface area contributed by atoms with Crippen molar-refractivity contribution in [1.29, 1.82) is 0 Å². The topological polar surface area (TPSA) is 94.9 Å². The minimum Gasteiger partial charge on any atom is -0.352 e. The Morgan fingerprint density at radius 1 is 1.28 bits per heavy atom. The number of piperazine rings is 1. The van der Waals surface area contributed by atoms with Gasteiger partial charge < -0.3 is 20.4 Å². The Balaban J connectivity index is 0.00000363. The van der Waals surface area contributed by atoms with Gasteiger partial charge >= 0.3 is 0 Å².